The number of nitrogens with zero attached hydrogens (tertiary/aromatic N) is 4. The summed E-state index contributed by atoms with van der Waals surface area (Å²) in [6.45, 7) is 5.28. The van der Waals surface area contributed by atoms with Crippen LogP contribution in [0.4, 0.5) is 5.69 Å². The van der Waals surface area contributed by atoms with E-state index in [0.717, 1.165) is 17.5 Å². The average Bonchev–Trinajstić information content (AvgIpc) is 3.18. The number of thiazole rings is 1. The van der Waals surface area contributed by atoms with Gasteiger partial charge in [0.25, 0.3) is 11.6 Å². The second-order valence-corrected chi connectivity index (χ2v) is 10.7. The Morgan fingerprint density at radius 2 is 1.91 bits per heavy atom. The second kappa shape index (κ2) is 11.7. The van der Waals surface area contributed by atoms with Crippen LogP contribution < -0.4 is 4.80 Å². The fourth-order valence-electron chi connectivity index (χ4n) is 3.51. The SMILES string of the molecule is CCCCN(CC)S(=O)(=O)c1ccc(C(=O)N=c2sc3ccc([N+](=O)[O-])cc3n2CCOC)cc1. The van der Waals surface area contributed by atoms with Crippen LogP contribution in [-0.4, -0.2) is 54.9 Å². The van der Waals surface area contributed by atoms with Crippen LogP contribution in [0.2, 0.25) is 0 Å². The van der Waals surface area contributed by atoms with Crippen LogP contribution in [0.15, 0.2) is 52.4 Å². The Hall–Kier alpha value is -2.93. The van der Waals surface area contributed by atoms with E-state index in [4.69, 9.17) is 4.74 Å². The highest BCUT2D eigenvalue weighted by Gasteiger charge is 2.23. The molecule has 1 amide bonds. The number of aromatic nitrogens is 1. The number of ether oxygens (including phenoxy) is 1. The number of non-ortho nitro benzene ring substituents is 1. The lowest BCUT2D eigenvalue weighted by molar-refractivity contribution is -0.384. The summed E-state index contributed by atoms with van der Waals surface area (Å²) in [6.07, 6.45) is 1.65. The Morgan fingerprint density at radius 3 is 2.51 bits per heavy atom. The first kappa shape index (κ1) is 26.7. The van der Waals surface area contributed by atoms with Gasteiger partial charge in [0.1, 0.15) is 0 Å². The van der Waals surface area contributed by atoms with E-state index in [9.17, 15) is 23.3 Å². The Balaban J connectivity index is 1.96. The van der Waals surface area contributed by atoms with Crippen molar-refractivity contribution in [1.82, 2.24) is 8.87 Å². The Bertz CT molecular complexity index is 1380. The normalized spacial score (nSPS) is 12.5. The molecule has 0 radical (unpaired) electrons. The minimum absolute atomic E-state index is 0.0591. The molecule has 1 heterocycles. The topological polar surface area (TPSA) is 124 Å². The van der Waals surface area contributed by atoms with Gasteiger partial charge in [-0.15, -0.1) is 0 Å². The van der Waals surface area contributed by atoms with E-state index in [-0.39, 0.29) is 16.1 Å². The number of methoxy groups -OCH3 is 1. The van der Waals surface area contributed by atoms with Crippen LogP contribution in [0.5, 0.6) is 0 Å². The molecular formula is C23H28N4O6S2. The van der Waals surface area contributed by atoms with Crippen LogP contribution in [0, 0.1) is 10.1 Å². The monoisotopic (exact) mass is 520 g/mol. The molecule has 35 heavy (non-hydrogen) atoms. The van der Waals surface area contributed by atoms with Crippen LogP contribution in [-0.2, 0) is 21.3 Å². The number of unbranched alkanes of at least 4 members (excludes halogenated alkanes) is 1. The zero-order chi connectivity index (χ0) is 25.6. The molecule has 10 nitrogen and oxygen atoms in total. The number of sulfonamides is 1. The summed E-state index contributed by atoms with van der Waals surface area (Å²) < 4.78 is 34.9. The van der Waals surface area contributed by atoms with Crippen molar-refractivity contribution in [3.8, 4) is 0 Å². The maximum Gasteiger partial charge on any atom is 0.279 e. The van der Waals surface area contributed by atoms with E-state index in [1.807, 2.05) is 6.92 Å². The summed E-state index contributed by atoms with van der Waals surface area (Å²) in [7, 11) is -2.11. The molecule has 0 aliphatic heterocycles. The van der Waals surface area contributed by atoms with Crippen molar-refractivity contribution in [2.24, 2.45) is 4.99 Å². The van der Waals surface area contributed by atoms with Gasteiger partial charge in [-0.2, -0.15) is 9.30 Å². The molecule has 2 aromatic carbocycles. The van der Waals surface area contributed by atoms with E-state index in [0.29, 0.717) is 36.6 Å². The summed E-state index contributed by atoms with van der Waals surface area (Å²) in [5, 5.41) is 11.2. The first-order valence-corrected chi connectivity index (χ1v) is 13.4. The van der Waals surface area contributed by atoms with Gasteiger partial charge in [-0.05, 0) is 36.8 Å². The molecule has 0 N–H and O–H groups in total. The molecular weight excluding hydrogens is 492 g/mol. The van der Waals surface area contributed by atoms with E-state index in [2.05, 4.69) is 4.99 Å². The predicted molar refractivity (Wildman–Crippen MR) is 134 cm³/mol. The molecule has 188 valence electrons. The van der Waals surface area contributed by atoms with Crippen LogP contribution >= 0.6 is 11.3 Å². The smallest absolute Gasteiger partial charge is 0.279 e. The highest BCUT2D eigenvalue weighted by molar-refractivity contribution is 7.89. The van der Waals surface area contributed by atoms with Crippen molar-refractivity contribution in [3.05, 3.63) is 62.9 Å². The molecule has 0 bridgehead atoms. The summed E-state index contributed by atoms with van der Waals surface area (Å²) in [5.41, 5.74) is 0.763. The zero-order valence-electron chi connectivity index (χ0n) is 19.8. The molecule has 0 unspecified atom stereocenters. The van der Waals surface area contributed by atoms with Crippen LogP contribution in [0.1, 0.15) is 37.0 Å². The average molecular weight is 521 g/mol. The van der Waals surface area contributed by atoms with E-state index in [1.54, 1.807) is 17.6 Å². The number of fused-ring (bicyclic) bond motifs is 1. The maximum absolute atomic E-state index is 12.9. The molecule has 1 aromatic heterocycles. The first-order chi connectivity index (χ1) is 16.7. The Morgan fingerprint density at radius 1 is 1.20 bits per heavy atom. The Labute approximate surface area is 207 Å². The predicted octanol–water partition coefficient (Wildman–Crippen LogP) is 3.81. The number of carbonyl (C=O) groups excluding carboxylic acids is 1. The third-order valence-corrected chi connectivity index (χ3v) is 8.49. The lowest BCUT2D eigenvalue weighted by Gasteiger charge is -2.20. The van der Waals surface area contributed by atoms with Gasteiger partial charge in [0, 0.05) is 44.4 Å². The molecule has 0 spiro atoms. The summed E-state index contributed by atoms with van der Waals surface area (Å²) >= 11 is 1.23. The number of hydrogen-bond donors (Lipinski definition) is 0. The van der Waals surface area contributed by atoms with Gasteiger partial charge in [-0.1, -0.05) is 31.6 Å². The molecule has 0 atom stereocenters. The minimum atomic E-state index is -3.65. The van der Waals surface area contributed by atoms with E-state index >= 15 is 0 Å². The van der Waals surface area contributed by atoms with Crippen molar-refractivity contribution in [3.63, 3.8) is 0 Å². The molecule has 12 heteroatoms. The molecule has 0 saturated carbocycles. The standard InChI is InChI=1S/C23H28N4O6S2/c1-4-6-13-25(5-2)35(31,32)19-10-7-17(8-11-19)22(28)24-23-26(14-15-33-3)20-16-18(27(29)30)9-12-21(20)34-23/h7-12,16H,4-6,13-15H2,1-3H3. The number of carbonyl (C=O) groups is 1. The van der Waals surface area contributed by atoms with Crippen molar-refractivity contribution in [2.45, 2.75) is 38.1 Å². The number of rotatable bonds is 11. The number of nitro benzene ring substituents is 1. The van der Waals surface area contributed by atoms with E-state index < -0.39 is 20.9 Å². The zero-order valence-corrected chi connectivity index (χ0v) is 21.5. The number of amides is 1. The molecule has 0 fully saturated rings. The summed E-state index contributed by atoms with van der Waals surface area (Å²) in [6, 6.07) is 10.2. The van der Waals surface area contributed by atoms with Gasteiger partial charge in [0.2, 0.25) is 10.0 Å². The highest BCUT2D eigenvalue weighted by Crippen LogP contribution is 2.23. The minimum Gasteiger partial charge on any atom is -0.383 e. The van der Waals surface area contributed by atoms with Gasteiger partial charge in [0.15, 0.2) is 4.80 Å². The molecule has 0 aliphatic rings. The quantitative estimate of drug-likeness (QED) is 0.280. The summed E-state index contributed by atoms with van der Waals surface area (Å²) in [5.74, 6) is -0.542. The lowest BCUT2D eigenvalue weighted by atomic mass is 10.2. The fraction of sp³-hybridized carbons (Fsp3) is 0.391. The van der Waals surface area contributed by atoms with Gasteiger partial charge in [-0.3, -0.25) is 14.9 Å². The first-order valence-electron chi connectivity index (χ1n) is 11.2. The third-order valence-electron chi connectivity index (χ3n) is 5.45. The Kier molecular flexibility index (Phi) is 8.89. The molecule has 3 rings (SSSR count). The van der Waals surface area contributed by atoms with Crippen molar-refractivity contribution in [2.75, 3.05) is 26.8 Å². The fourth-order valence-corrected chi connectivity index (χ4v) is 6.03. The number of nitro groups is 1. The number of hydrogen-bond acceptors (Lipinski definition) is 7. The lowest BCUT2D eigenvalue weighted by Crippen LogP contribution is -2.31. The largest absolute Gasteiger partial charge is 0.383 e. The van der Waals surface area contributed by atoms with E-state index in [1.165, 1.54) is 59.2 Å². The van der Waals surface area contributed by atoms with Gasteiger partial charge in [0.05, 0.1) is 26.6 Å². The van der Waals surface area contributed by atoms with Gasteiger partial charge < -0.3 is 9.30 Å². The number of benzene rings is 2. The van der Waals surface area contributed by atoms with Crippen molar-refractivity contribution >= 4 is 43.2 Å². The molecule has 3 aromatic rings. The second-order valence-electron chi connectivity index (χ2n) is 7.73. The van der Waals surface area contributed by atoms with Gasteiger partial charge >= 0.3 is 0 Å². The molecule has 0 saturated heterocycles. The van der Waals surface area contributed by atoms with Crippen LogP contribution in [0.25, 0.3) is 10.2 Å². The summed E-state index contributed by atoms with van der Waals surface area (Å²) in [4.78, 5) is 28.4. The van der Waals surface area contributed by atoms with Crippen LogP contribution in [0.3, 0.4) is 0 Å². The van der Waals surface area contributed by atoms with Crippen molar-refractivity contribution in [1.29, 1.82) is 0 Å². The van der Waals surface area contributed by atoms with Gasteiger partial charge in [-0.25, -0.2) is 8.42 Å². The van der Waals surface area contributed by atoms with Crippen molar-refractivity contribution < 1.29 is 22.9 Å². The highest BCUT2D eigenvalue weighted by atomic mass is 32.2. The molecule has 0 aliphatic carbocycles. The maximum atomic E-state index is 12.9. The third kappa shape index (κ3) is 6.01.